The molecule has 0 saturated carbocycles. The Morgan fingerprint density at radius 1 is 1.77 bits per heavy atom. The van der Waals surface area contributed by atoms with E-state index in [2.05, 4.69) is 5.10 Å². The predicted molar refractivity (Wildman–Crippen MR) is 50.4 cm³/mol. The zero-order chi connectivity index (χ0) is 9.26. The predicted octanol–water partition coefficient (Wildman–Crippen LogP) is 0.953. The van der Waals surface area contributed by atoms with Gasteiger partial charge in [-0.2, -0.15) is 5.10 Å². The van der Waals surface area contributed by atoms with E-state index in [4.69, 9.17) is 10.5 Å². The molecule has 0 amide bonds. The minimum Gasteiger partial charge on any atom is -0.384 e. The van der Waals surface area contributed by atoms with Gasteiger partial charge in [0.1, 0.15) is 5.82 Å². The van der Waals surface area contributed by atoms with Gasteiger partial charge in [0.05, 0.1) is 18.3 Å². The Morgan fingerprint density at radius 3 is 3.15 bits per heavy atom. The van der Waals surface area contributed by atoms with Gasteiger partial charge in [-0.15, -0.1) is 0 Å². The quantitative estimate of drug-likeness (QED) is 0.739. The van der Waals surface area contributed by atoms with E-state index in [1.807, 2.05) is 17.7 Å². The highest BCUT2D eigenvalue weighted by Crippen LogP contribution is 2.15. The monoisotopic (exact) mass is 181 g/mol. The van der Waals surface area contributed by atoms with Crippen LogP contribution in [0.5, 0.6) is 0 Å². The normalized spacial score (nSPS) is 22.4. The Hall–Kier alpha value is -1.03. The number of nitrogens with zero attached hydrogens (tertiary/aromatic N) is 2. The molecule has 72 valence electrons. The highest BCUT2D eigenvalue weighted by atomic mass is 16.5. The van der Waals surface area contributed by atoms with Crippen LogP contribution in [0.15, 0.2) is 6.07 Å². The number of rotatable bonds is 2. The number of aryl methyl sites for hydroxylation is 1. The third-order valence-electron chi connectivity index (χ3n) is 2.33. The van der Waals surface area contributed by atoms with Crippen LogP contribution >= 0.6 is 0 Å². The van der Waals surface area contributed by atoms with Gasteiger partial charge in [-0.1, -0.05) is 0 Å². The lowest BCUT2D eigenvalue weighted by Gasteiger charge is -2.10. The Balaban J connectivity index is 2.03. The minimum absolute atomic E-state index is 0.307. The Morgan fingerprint density at radius 2 is 2.62 bits per heavy atom. The average molecular weight is 181 g/mol. The van der Waals surface area contributed by atoms with Crippen LogP contribution in [0.1, 0.15) is 18.5 Å². The lowest BCUT2D eigenvalue weighted by Crippen LogP contribution is -2.17. The Bertz CT molecular complexity index is 289. The molecule has 2 heterocycles. The molecule has 1 fully saturated rings. The molecule has 13 heavy (non-hydrogen) atoms. The lowest BCUT2D eigenvalue weighted by molar-refractivity contribution is 0.0945. The van der Waals surface area contributed by atoms with Gasteiger partial charge in [-0.3, -0.25) is 0 Å². The van der Waals surface area contributed by atoms with Crippen LogP contribution in [-0.4, -0.2) is 22.5 Å². The van der Waals surface area contributed by atoms with E-state index >= 15 is 0 Å². The molecule has 1 saturated heterocycles. The van der Waals surface area contributed by atoms with E-state index in [1.54, 1.807) is 0 Å². The fourth-order valence-corrected chi connectivity index (χ4v) is 1.69. The number of aromatic nitrogens is 2. The lowest BCUT2D eigenvalue weighted by atomic mass is 10.2. The highest BCUT2D eigenvalue weighted by Gasteiger charge is 2.17. The van der Waals surface area contributed by atoms with Gasteiger partial charge in [0.25, 0.3) is 0 Å². The molecule has 2 rings (SSSR count). The summed E-state index contributed by atoms with van der Waals surface area (Å²) in [5.74, 6) is 0.730. The second-order valence-corrected chi connectivity index (χ2v) is 3.53. The molecule has 0 spiro atoms. The number of nitrogens with two attached hydrogens (primary N) is 1. The van der Waals surface area contributed by atoms with E-state index in [-0.39, 0.29) is 0 Å². The summed E-state index contributed by atoms with van der Waals surface area (Å²) in [4.78, 5) is 0. The van der Waals surface area contributed by atoms with Crippen LogP contribution in [0.2, 0.25) is 0 Å². The van der Waals surface area contributed by atoms with Gasteiger partial charge in [-0.05, 0) is 19.8 Å². The standard InChI is InChI=1S/C9H15N3O/c1-7-5-9(10)12(11-7)6-8-3-2-4-13-8/h5,8H,2-4,6,10H2,1H3/t8-/m0/s1. The summed E-state index contributed by atoms with van der Waals surface area (Å²) in [6, 6.07) is 1.88. The van der Waals surface area contributed by atoms with E-state index in [1.165, 1.54) is 0 Å². The topological polar surface area (TPSA) is 53.1 Å². The van der Waals surface area contributed by atoms with Crippen molar-refractivity contribution < 1.29 is 4.74 Å². The molecule has 0 aliphatic carbocycles. The van der Waals surface area contributed by atoms with Gasteiger partial charge >= 0.3 is 0 Å². The fourth-order valence-electron chi connectivity index (χ4n) is 1.69. The SMILES string of the molecule is Cc1cc(N)n(C[C@@H]2CCCO2)n1. The van der Waals surface area contributed by atoms with Crippen molar-refractivity contribution >= 4 is 5.82 Å². The molecular formula is C9H15N3O. The van der Waals surface area contributed by atoms with Crippen LogP contribution in [0.25, 0.3) is 0 Å². The first kappa shape index (κ1) is 8.56. The largest absolute Gasteiger partial charge is 0.384 e. The zero-order valence-electron chi connectivity index (χ0n) is 7.86. The molecular weight excluding hydrogens is 166 g/mol. The van der Waals surface area contributed by atoms with Crippen LogP contribution < -0.4 is 5.73 Å². The average Bonchev–Trinajstić information content (AvgIpc) is 2.63. The van der Waals surface area contributed by atoms with Gasteiger partial charge in [0.15, 0.2) is 0 Å². The van der Waals surface area contributed by atoms with Gasteiger partial charge in [0, 0.05) is 12.7 Å². The fraction of sp³-hybridized carbons (Fsp3) is 0.667. The molecule has 1 aromatic rings. The molecule has 1 aliphatic rings. The Kier molecular flexibility index (Phi) is 2.22. The molecule has 0 unspecified atom stereocenters. The smallest absolute Gasteiger partial charge is 0.122 e. The van der Waals surface area contributed by atoms with Gasteiger partial charge in [0.2, 0.25) is 0 Å². The number of anilines is 1. The van der Waals surface area contributed by atoms with E-state index in [0.717, 1.165) is 37.5 Å². The molecule has 4 nitrogen and oxygen atoms in total. The second kappa shape index (κ2) is 3.38. The molecule has 1 atom stereocenters. The molecule has 2 N–H and O–H groups in total. The zero-order valence-corrected chi connectivity index (χ0v) is 7.86. The summed E-state index contributed by atoms with van der Waals surface area (Å²) >= 11 is 0. The molecule has 0 radical (unpaired) electrons. The van der Waals surface area contributed by atoms with Crippen molar-refractivity contribution in [3.05, 3.63) is 11.8 Å². The van der Waals surface area contributed by atoms with Crippen LogP contribution in [-0.2, 0) is 11.3 Å². The third kappa shape index (κ3) is 1.83. The molecule has 1 aliphatic heterocycles. The van der Waals surface area contributed by atoms with Crippen molar-refractivity contribution in [2.45, 2.75) is 32.4 Å². The molecule has 4 heteroatoms. The minimum atomic E-state index is 0.307. The summed E-state index contributed by atoms with van der Waals surface area (Å²) in [6.45, 7) is 3.62. The maximum Gasteiger partial charge on any atom is 0.122 e. The van der Waals surface area contributed by atoms with Gasteiger partial charge in [-0.25, -0.2) is 4.68 Å². The van der Waals surface area contributed by atoms with E-state index in [0.29, 0.717) is 6.10 Å². The molecule has 0 bridgehead atoms. The summed E-state index contributed by atoms with van der Waals surface area (Å²) in [7, 11) is 0. The maximum atomic E-state index is 5.76. The summed E-state index contributed by atoms with van der Waals surface area (Å²) < 4.78 is 7.33. The third-order valence-corrected chi connectivity index (χ3v) is 2.33. The maximum absolute atomic E-state index is 5.76. The summed E-state index contributed by atoms with van der Waals surface area (Å²) in [5.41, 5.74) is 6.73. The van der Waals surface area contributed by atoms with E-state index < -0.39 is 0 Å². The van der Waals surface area contributed by atoms with Crippen LogP contribution in [0.3, 0.4) is 0 Å². The number of ether oxygens (including phenoxy) is 1. The first-order chi connectivity index (χ1) is 6.25. The van der Waals surface area contributed by atoms with Crippen molar-refractivity contribution in [3.63, 3.8) is 0 Å². The number of hydrogen-bond acceptors (Lipinski definition) is 3. The van der Waals surface area contributed by atoms with E-state index in [9.17, 15) is 0 Å². The van der Waals surface area contributed by atoms with Crippen molar-refractivity contribution in [3.8, 4) is 0 Å². The number of nitrogen functional groups attached to an aromatic ring is 1. The first-order valence-electron chi connectivity index (χ1n) is 4.67. The van der Waals surface area contributed by atoms with Crippen molar-refractivity contribution in [2.75, 3.05) is 12.3 Å². The highest BCUT2D eigenvalue weighted by molar-refractivity contribution is 5.30. The molecule has 1 aromatic heterocycles. The summed E-state index contributed by atoms with van der Waals surface area (Å²) in [5, 5.41) is 4.29. The van der Waals surface area contributed by atoms with Crippen molar-refractivity contribution in [2.24, 2.45) is 0 Å². The van der Waals surface area contributed by atoms with Gasteiger partial charge < -0.3 is 10.5 Å². The van der Waals surface area contributed by atoms with Crippen LogP contribution in [0.4, 0.5) is 5.82 Å². The van der Waals surface area contributed by atoms with Crippen molar-refractivity contribution in [1.82, 2.24) is 9.78 Å². The van der Waals surface area contributed by atoms with Crippen LogP contribution in [0, 0.1) is 6.92 Å². The second-order valence-electron chi connectivity index (χ2n) is 3.53. The Labute approximate surface area is 77.7 Å². The number of hydrogen-bond donors (Lipinski definition) is 1. The summed E-state index contributed by atoms with van der Waals surface area (Å²) in [6.07, 6.45) is 2.59. The van der Waals surface area contributed by atoms with Crippen molar-refractivity contribution in [1.29, 1.82) is 0 Å². The molecule has 0 aromatic carbocycles. The first-order valence-corrected chi connectivity index (χ1v) is 4.67.